The van der Waals surface area contributed by atoms with Gasteiger partial charge in [0.25, 0.3) is 0 Å². The smallest absolute Gasteiger partial charge is 0.323 e. The van der Waals surface area contributed by atoms with E-state index in [1.165, 1.54) is 19.3 Å². The quantitative estimate of drug-likeness (QED) is 0.860. The highest BCUT2D eigenvalue weighted by molar-refractivity contribution is 8.00. The summed E-state index contributed by atoms with van der Waals surface area (Å²) in [7, 11) is 0. The van der Waals surface area contributed by atoms with Gasteiger partial charge in [0.05, 0.1) is 0 Å². The minimum absolute atomic E-state index is 0.0366. The number of thioether (sulfide) groups is 1. The van der Waals surface area contributed by atoms with Gasteiger partial charge in [-0.3, -0.25) is 5.32 Å². The van der Waals surface area contributed by atoms with Crippen LogP contribution in [-0.2, 0) is 0 Å². The molecule has 1 aromatic rings. The Morgan fingerprint density at radius 3 is 3.16 bits per heavy atom. The number of aromatic nitrogens is 1. The normalized spacial score (nSPS) is 26.9. The van der Waals surface area contributed by atoms with E-state index < -0.39 is 0 Å². The number of rotatable bonds is 1. The van der Waals surface area contributed by atoms with Gasteiger partial charge in [-0.15, -0.1) is 0 Å². The van der Waals surface area contributed by atoms with Gasteiger partial charge < -0.3 is 9.42 Å². The number of anilines is 1. The SMILES string of the molecule is Cc1cc(NC(=O)N2CCSC3CCCCC32)no1. The van der Waals surface area contributed by atoms with Crippen LogP contribution in [0.4, 0.5) is 10.6 Å². The van der Waals surface area contributed by atoms with Crippen molar-refractivity contribution in [2.24, 2.45) is 0 Å². The van der Waals surface area contributed by atoms with E-state index in [9.17, 15) is 4.79 Å². The van der Waals surface area contributed by atoms with Crippen LogP contribution in [-0.4, -0.2) is 39.7 Å². The molecule has 0 spiro atoms. The third kappa shape index (κ3) is 2.73. The largest absolute Gasteiger partial charge is 0.360 e. The molecule has 19 heavy (non-hydrogen) atoms. The van der Waals surface area contributed by atoms with Crippen molar-refractivity contribution in [1.29, 1.82) is 0 Å². The van der Waals surface area contributed by atoms with Crippen molar-refractivity contribution in [2.75, 3.05) is 17.6 Å². The third-order valence-electron chi connectivity index (χ3n) is 3.86. The fraction of sp³-hybridized carbons (Fsp3) is 0.692. The monoisotopic (exact) mass is 281 g/mol. The first-order valence-electron chi connectivity index (χ1n) is 6.86. The van der Waals surface area contributed by atoms with Crippen LogP contribution in [0.25, 0.3) is 0 Å². The van der Waals surface area contributed by atoms with E-state index in [1.54, 1.807) is 6.07 Å². The summed E-state index contributed by atoms with van der Waals surface area (Å²) in [6, 6.07) is 2.10. The van der Waals surface area contributed by atoms with Gasteiger partial charge in [0, 0.05) is 29.7 Å². The van der Waals surface area contributed by atoms with Crippen molar-refractivity contribution in [3.05, 3.63) is 11.8 Å². The second-order valence-corrected chi connectivity index (χ2v) is 6.55. The lowest BCUT2D eigenvalue weighted by Crippen LogP contribution is -2.53. The Kier molecular flexibility index (Phi) is 3.68. The van der Waals surface area contributed by atoms with Gasteiger partial charge in [-0.2, -0.15) is 11.8 Å². The van der Waals surface area contributed by atoms with E-state index in [4.69, 9.17) is 4.52 Å². The van der Waals surface area contributed by atoms with Crippen LogP contribution in [0.3, 0.4) is 0 Å². The van der Waals surface area contributed by atoms with Crippen molar-refractivity contribution in [3.63, 3.8) is 0 Å². The van der Waals surface area contributed by atoms with Crippen LogP contribution in [0.15, 0.2) is 10.6 Å². The summed E-state index contributed by atoms with van der Waals surface area (Å²) in [5.74, 6) is 2.25. The van der Waals surface area contributed by atoms with Gasteiger partial charge in [0.15, 0.2) is 5.82 Å². The molecular weight excluding hydrogens is 262 g/mol. The molecule has 2 amide bonds. The summed E-state index contributed by atoms with van der Waals surface area (Å²) in [6.07, 6.45) is 4.89. The lowest BCUT2D eigenvalue weighted by molar-refractivity contribution is 0.171. The maximum Gasteiger partial charge on any atom is 0.323 e. The standard InChI is InChI=1S/C13H19N3O2S/c1-9-8-12(15-18-9)14-13(17)16-6-7-19-11-5-3-2-4-10(11)16/h8,10-11H,2-7H2,1H3,(H,14,15,17). The van der Waals surface area contributed by atoms with Crippen molar-refractivity contribution < 1.29 is 9.32 Å². The number of aryl methyl sites for hydroxylation is 1. The van der Waals surface area contributed by atoms with E-state index in [0.29, 0.717) is 22.9 Å². The summed E-state index contributed by atoms with van der Waals surface area (Å²) in [5, 5.41) is 7.27. The van der Waals surface area contributed by atoms with Crippen molar-refractivity contribution in [3.8, 4) is 0 Å². The Labute approximate surface area is 117 Å². The Morgan fingerprint density at radius 2 is 2.37 bits per heavy atom. The zero-order valence-electron chi connectivity index (χ0n) is 11.1. The highest BCUT2D eigenvalue weighted by Crippen LogP contribution is 2.35. The van der Waals surface area contributed by atoms with Crippen LogP contribution in [0, 0.1) is 6.92 Å². The molecule has 2 heterocycles. The van der Waals surface area contributed by atoms with Crippen molar-refractivity contribution >= 4 is 23.6 Å². The Balaban J connectivity index is 1.67. The minimum Gasteiger partial charge on any atom is -0.360 e. The van der Waals surface area contributed by atoms with Gasteiger partial charge in [-0.1, -0.05) is 18.0 Å². The molecule has 104 valence electrons. The maximum atomic E-state index is 12.4. The average Bonchev–Trinajstić information content (AvgIpc) is 2.83. The maximum absolute atomic E-state index is 12.4. The molecule has 1 saturated carbocycles. The highest BCUT2D eigenvalue weighted by Gasteiger charge is 2.36. The molecule has 0 aromatic carbocycles. The molecule has 2 unspecified atom stereocenters. The molecule has 1 aliphatic heterocycles. The molecule has 0 bridgehead atoms. The first kappa shape index (κ1) is 12.8. The molecule has 2 atom stereocenters. The van der Waals surface area contributed by atoms with E-state index in [1.807, 2.05) is 23.6 Å². The van der Waals surface area contributed by atoms with Crippen LogP contribution >= 0.6 is 11.8 Å². The molecule has 2 aliphatic rings. The lowest BCUT2D eigenvalue weighted by atomic mass is 9.93. The van der Waals surface area contributed by atoms with Crippen LogP contribution in [0.5, 0.6) is 0 Å². The number of hydrogen-bond donors (Lipinski definition) is 1. The molecule has 3 rings (SSSR count). The number of carbonyl (C=O) groups is 1. The Bertz CT molecular complexity index is 460. The second kappa shape index (κ2) is 5.45. The molecule has 6 heteroatoms. The molecule has 1 aliphatic carbocycles. The fourth-order valence-corrected chi connectivity index (χ4v) is 4.40. The first-order chi connectivity index (χ1) is 9.24. The topological polar surface area (TPSA) is 58.4 Å². The Hall–Kier alpha value is -1.17. The zero-order valence-corrected chi connectivity index (χ0v) is 11.9. The number of carbonyl (C=O) groups excluding carboxylic acids is 1. The second-order valence-electron chi connectivity index (χ2n) is 5.21. The van der Waals surface area contributed by atoms with Crippen LogP contribution < -0.4 is 5.32 Å². The predicted molar refractivity (Wildman–Crippen MR) is 75.5 cm³/mol. The molecule has 1 aromatic heterocycles. The summed E-state index contributed by atoms with van der Waals surface area (Å²) in [6.45, 7) is 2.64. The van der Waals surface area contributed by atoms with Crippen LogP contribution in [0.2, 0.25) is 0 Å². The molecule has 1 N–H and O–H groups in total. The van der Waals surface area contributed by atoms with Crippen molar-refractivity contribution in [2.45, 2.75) is 43.9 Å². The van der Waals surface area contributed by atoms with E-state index in [-0.39, 0.29) is 6.03 Å². The number of fused-ring (bicyclic) bond motifs is 1. The summed E-state index contributed by atoms with van der Waals surface area (Å²) >= 11 is 2.02. The van der Waals surface area contributed by atoms with Gasteiger partial charge in [-0.25, -0.2) is 4.79 Å². The van der Waals surface area contributed by atoms with Crippen LogP contribution in [0.1, 0.15) is 31.4 Å². The number of amides is 2. The number of urea groups is 1. The van der Waals surface area contributed by atoms with E-state index in [2.05, 4.69) is 10.5 Å². The average molecular weight is 281 g/mol. The molecule has 2 fully saturated rings. The number of nitrogens with one attached hydrogen (secondary N) is 1. The fourth-order valence-electron chi connectivity index (χ4n) is 2.96. The zero-order chi connectivity index (χ0) is 13.2. The molecule has 5 nitrogen and oxygen atoms in total. The summed E-state index contributed by atoms with van der Waals surface area (Å²) in [4.78, 5) is 14.3. The van der Waals surface area contributed by atoms with Gasteiger partial charge in [-0.05, 0) is 19.8 Å². The minimum atomic E-state index is -0.0366. The molecule has 0 radical (unpaired) electrons. The summed E-state index contributed by atoms with van der Waals surface area (Å²) in [5.41, 5.74) is 0. The summed E-state index contributed by atoms with van der Waals surface area (Å²) < 4.78 is 4.97. The Morgan fingerprint density at radius 1 is 1.53 bits per heavy atom. The third-order valence-corrected chi connectivity index (χ3v) is 5.25. The molecule has 1 saturated heterocycles. The van der Waals surface area contributed by atoms with Gasteiger partial charge in [0.2, 0.25) is 0 Å². The predicted octanol–water partition coefficient (Wildman–Crippen LogP) is 2.87. The van der Waals surface area contributed by atoms with E-state index in [0.717, 1.165) is 18.7 Å². The van der Waals surface area contributed by atoms with Crippen molar-refractivity contribution in [1.82, 2.24) is 10.1 Å². The molecular formula is C13H19N3O2S. The highest BCUT2D eigenvalue weighted by atomic mass is 32.2. The van der Waals surface area contributed by atoms with E-state index >= 15 is 0 Å². The van der Waals surface area contributed by atoms with Gasteiger partial charge >= 0.3 is 6.03 Å². The number of hydrogen-bond acceptors (Lipinski definition) is 4. The lowest BCUT2D eigenvalue weighted by Gasteiger charge is -2.43. The number of nitrogens with zero attached hydrogens (tertiary/aromatic N) is 2. The first-order valence-corrected chi connectivity index (χ1v) is 7.91. The van der Waals surface area contributed by atoms with Gasteiger partial charge in [0.1, 0.15) is 5.76 Å².